The van der Waals surface area contributed by atoms with E-state index in [4.69, 9.17) is 22.7 Å². The number of benzene rings is 1. The van der Waals surface area contributed by atoms with Gasteiger partial charge in [-0.1, -0.05) is 28.1 Å². The largest absolute Gasteiger partial charge is 0.493 e. The van der Waals surface area contributed by atoms with Crippen molar-refractivity contribution in [3.05, 3.63) is 28.2 Å². The van der Waals surface area contributed by atoms with E-state index in [0.717, 1.165) is 28.8 Å². The van der Waals surface area contributed by atoms with E-state index in [9.17, 15) is 0 Å². The SMILES string of the molecule is CN(C)CCCOc1cc(Br)ccc1C(N)=S. The summed E-state index contributed by atoms with van der Waals surface area (Å²) < 4.78 is 6.66. The molecule has 0 heterocycles. The minimum atomic E-state index is 0.361. The van der Waals surface area contributed by atoms with E-state index in [1.165, 1.54) is 0 Å². The summed E-state index contributed by atoms with van der Waals surface area (Å²) in [5, 5.41) is 0. The fraction of sp³-hybridized carbons (Fsp3) is 0.417. The van der Waals surface area contributed by atoms with E-state index in [0.29, 0.717) is 11.6 Å². The second-order valence-corrected chi connectivity index (χ2v) is 5.37. The average Bonchev–Trinajstić information content (AvgIpc) is 2.23. The van der Waals surface area contributed by atoms with Crippen LogP contribution in [0.5, 0.6) is 5.75 Å². The fourth-order valence-corrected chi connectivity index (χ4v) is 1.89. The van der Waals surface area contributed by atoms with Gasteiger partial charge in [0.2, 0.25) is 0 Å². The molecule has 5 heteroatoms. The highest BCUT2D eigenvalue weighted by Gasteiger charge is 2.07. The zero-order valence-corrected chi connectivity index (χ0v) is 12.5. The normalized spacial score (nSPS) is 10.6. The Morgan fingerprint density at radius 3 is 2.76 bits per heavy atom. The molecule has 0 saturated carbocycles. The molecular weight excluding hydrogens is 300 g/mol. The maximum absolute atomic E-state index is 5.71. The summed E-state index contributed by atoms with van der Waals surface area (Å²) in [4.78, 5) is 2.48. The monoisotopic (exact) mass is 316 g/mol. The van der Waals surface area contributed by atoms with Gasteiger partial charge in [-0.2, -0.15) is 0 Å². The van der Waals surface area contributed by atoms with Gasteiger partial charge in [-0.25, -0.2) is 0 Å². The molecule has 0 amide bonds. The Kier molecular flexibility index (Phi) is 5.88. The van der Waals surface area contributed by atoms with Crippen LogP contribution < -0.4 is 10.5 Å². The van der Waals surface area contributed by atoms with Gasteiger partial charge in [-0.05, 0) is 38.7 Å². The Balaban J connectivity index is 2.62. The average molecular weight is 317 g/mol. The second-order valence-electron chi connectivity index (χ2n) is 4.01. The Morgan fingerprint density at radius 2 is 2.18 bits per heavy atom. The summed E-state index contributed by atoms with van der Waals surface area (Å²) in [6.07, 6.45) is 0.969. The smallest absolute Gasteiger partial charge is 0.130 e. The lowest BCUT2D eigenvalue weighted by molar-refractivity contribution is 0.281. The summed E-state index contributed by atoms with van der Waals surface area (Å²) in [5.41, 5.74) is 6.43. The molecule has 0 unspecified atom stereocenters. The first-order valence-electron chi connectivity index (χ1n) is 5.37. The van der Waals surface area contributed by atoms with Crippen LogP contribution in [0, 0.1) is 0 Å². The first kappa shape index (κ1) is 14.4. The van der Waals surface area contributed by atoms with Crippen LogP contribution in [0.2, 0.25) is 0 Å². The van der Waals surface area contributed by atoms with E-state index in [-0.39, 0.29) is 0 Å². The molecule has 0 aromatic heterocycles. The molecule has 17 heavy (non-hydrogen) atoms. The van der Waals surface area contributed by atoms with Crippen LogP contribution in [0.15, 0.2) is 22.7 Å². The van der Waals surface area contributed by atoms with Crippen molar-refractivity contribution in [3.8, 4) is 5.75 Å². The number of ether oxygens (including phenoxy) is 1. The number of nitrogens with zero attached hydrogens (tertiary/aromatic N) is 1. The van der Waals surface area contributed by atoms with E-state index in [1.807, 2.05) is 32.3 Å². The van der Waals surface area contributed by atoms with Gasteiger partial charge >= 0.3 is 0 Å². The van der Waals surface area contributed by atoms with Gasteiger partial charge in [0, 0.05) is 11.0 Å². The molecule has 0 aliphatic heterocycles. The van der Waals surface area contributed by atoms with Crippen LogP contribution in [-0.4, -0.2) is 37.1 Å². The van der Waals surface area contributed by atoms with E-state index in [1.54, 1.807) is 0 Å². The van der Waals surface area contributed by atoms with Crippen LogP contribution in [0.1, 0.15) is 12.0 Å². The van der Waals surface area contributed by atoms with Crippen LogP contribution in [0.4, 0.5) is 0 Å². The Labute approximate surface area is 116 Å². The van der Waals surface area contributed by atoms with Crippen molar-refractivity contribution < 1.29 is 4.74 Å². The Morgan fingerprint density at radius 1 is 1.47 bits per heavy atom. The first-order valence-corrected chi connectivity index (χ1v) is 6.57. The van der Waals surface area contributed by atoms with Crippen molar-refractivity contribution >= 4 is 33.1 Å². The van der Waals surface area contributed by atoms with Gasteiger partial charge in [0.05, 0.1) is 12.2 Å². The van der Waals surface area contributed by atoms with Crippen LogP contribution in [0.3, 0.4) is 0 Å². The topological polar surface area (TPSA) is 38.5 Å². The predicted octanol–water partition coefficient (Wildman–Crippen LogP) is 2.41. The minimum Gasteiger partial charge on any atom is -0.493 e. The first-order chi connectivity index (χ1) is 8.00. The quantitative estimate of drug-likeness (QED) is 0.646. The summed E-state index contributed by atoms with van der Waals surface area (Å²) in [6.45, 7) is 1.65. The van der Waals surface area contributed by atoms with Gasteiger partial charge in [-0.15, -0.1) is 0 Å². The Hall–Kier alpha value is -0.650. The number of nitrogens with two attached hydrogens (primary N) is 1. The molecular formula is C12H17BrN2OS. The molecule has 0 radical (unpaired) electrons. The number of hydrogen-bond acceptors (Lipinski definition) is 3. The molecule has 0 fully saturated rings. The molecule has 0 aliphatic carbocycles. The number of halogens is 1. The molecule has 1 aromatic carbocycles. The lowest BCUT2D eigenvalue weighted by Crippen LogP contribution is -2.16. The molecule has 94 valence electrons. The highest BCUT2D eigenvalue weighted by atomic mass is 79.9. The van der Waals surface area contributed by atoms with Crippen molar-refractivity contribution in [1.82, 2.24) is 4.90 Å². The standard InChI is InChI=1S/C12H17BrN2OS/c1-15(2)6-3-7-16-11-8-9(13)4-5-10(11)12(14)17/h4-5,8H,3,6-7H2,1-2H3,(H2,14,17). The molecule has 1 aromatic rings. The summed E-state index contributed by atoms with van der Waals surface area (Å²) in [6, 6.07) is 5.67. The summed E-state index contributed by atoms with van der Waals surface area (Å²) >= 11 is 8.39. The lowest BCUT2D eigenvalue weighted by atomic mass is 10.2. The second kappa shape index (κ2) is 6.93. The number of rotatable bonds is 6. The third-order valence-electron chi connectivity index (χ3n) is 2.22. The van der Waals surface area contributed by atoms with Gasteiger partial charge in [0.15, 0.2) is 0 Å². The van der Waals surface area contributed by atoms with Crippen molar-refractivity contribution in [3.63, 3.8) is 0 Å². The fourth-order valence-electron chi connectivity index (χ4n) is 1.38. The van der Waals surface area contributed by atoms with E-state index in [2.05, 4.69) is 20.8 Å². The van der Waals surface area contributed by atoms with Crippen LogP contribution in [-0.2, 0) is 0 Å². The van der Waals surface area contributed by atoms with Crippen molar-refractivity contribution in [2.24, 2.45) is 5.73 Å². The predicted molar refractivity (Wildman–Crippen MR) is 78.7 cm³/mol. The molecule has 0 aliphatic rings. The molecule has 0 spiro atoms. The number of thiocarbonyl (C=S) groups is 1. The van der Waals surface area contributed by atoms with Crippen LogP contribution in [0.25, 0.3) is 0 Å². The highest BCUT2D eigenvalue weighted by molar-refractivity contribution is 9.10. The van der Waals surface area contributed by atoms with Gasteiger partial charge in [0.25, 0.3) is 0 Å². The molecule has 1 rings (SSSR count). The van der Waals surface area contributed by atoms with Gasteiger partial charge in [0.1, 0.15) is 10.7 Å². The van der Waals surface area contributed by atoms with Gasteiger partial charge < -0.3 is 15.4 Å². The van der Waals surface area contributed by atoms with Crippen molar-refractivity contribution in [1.29, 1.82) is 0 Å². The Bertz CT molecular complexity index is 396. The minimum absolute atomic E-state index is 0.361. The maximum atomic E-state index is 5.71. The maximum Gasteiger partial charge on any atom is 0.130 e. The molecule has 0 bridgehead atoms. The lowest BCUT2D eigenvalue weighted by Gasteiger charge is -2.13. The third kappa shape index (κ3) is 5.02. The molecule has 0 saturated heterocycles. The van der Waals surface area contributed by atoms with E-state index >= 15 is 0 Å². The highest BCUT2D eigenvalue weighted by Crippen LogP contribution is 2.23. The van der Waals surface area contributed by atoms with Crippen LogP contribution >= 0.6 is 28.1 Å². The zero-order valence-electron chi connectivity index (χ0n) is 10.1. The van der Waals surface area contributed by atoms with E-state index < -0.39 is 0 Å². The third-order valence-corrected chi connectivity index (χ3v) is 2.93. The zero-order chi connectivity index (χ0) is 12.8. The van der Waals surface area contributed by atoms with Crippen molar-refractivity contribution in [2.75, 3.05) is 27.2 Å². The summed E-state index contributed by atoms with van der Waals surface area (Å²) in [5.74, 6) is 0.741. The molecule has 0 atom stereocenters. The molecule has 3 nitrogen and oxygen atoms in total. The van der Waals surface area contributed by atoms with Gasteiger partial charge in [-0.3, -0.25) is 0 Å². The molecule has 2 N–H and O–H groups in total. The van der Waals surface area contributed by atoms with Crippen molar-refractivity contribution in [2.45, 2.75) is 6.42 Å². The summed E-state index contributed by atoms with van der Waals surface area (Å²) in [7, 11) is 4.08. The number of hydrogen-bond donors (Lipinski definition) is 1.